The first kappa shape index (κ1) is 37.9. The second-order valence-corrected chi connectivity index (χ2v) is 13.3. The van der Waals surface area contributed by atoms with Crippen molar-refractivity contribution in [3.8, 4) is 0 Å². The van der Waals surface area contributed by atoms with Gasteiger partial charge in [-0.05, 0) is 54.6 Å². The van der Waals surface area contributed by atoms with Gasteiger partial charge in [0.15, 0.2) is 5.58 Å². The van der Waals surface area contributed by atoms with Gasteiger partial charge in [-0.2, -0.15) is 0 Å². The van der Waals surface area contributed by atoms with Gasteiger partial charge in [-0.25, -0.2) is 9.78 Å². The number of hydrogen-bond acceptors (Lipinski definition) is 9. The molecule has 0 radical (unpaired) electrons. The Morgan fingerprint density at radius 2 is 1.41 bits per heavy atom. The van der Waals surface area contributed by atoms with Gasteiger partial charge in [0.1, 0.15) is 24.2 Å². The normalized spacial score (nSPS) is 16.4. The SMILES string of the molecule is NCCCC[C@H](NC(=O)[C@@H]1C[C@@H](OCc2ccccc2)CN1C(=O)[C@@H](Cc1ccccc1)NC(=O)OCc1ccccc1)C(=O)c1nc2ccccc2o1. The molecular weight excluding hydrogens is 686 g/mol. The number of ether oxygens (including phenoxy) is 2. The van der Waals surface area contributed by atoms with Gasteiger partial charge in [-0.15, -0.1) is 0 Å². The molecule has 0 unspecified atom stereocenters. The molecule has 4 atom stereocenters. The molecule has 54 heavy (non-hydrogen) atoms. The topological polar surface area (TPSA) is 166 Å². The molecule has 12 nitrogen and oxygen atoms in total. The van der Waals surface area contributed by atoms with Crippen molar-refractivity contribution in [3.05, 3.63) is 138 Å². The number of nitrogens with zero attached hydrogens (tertiary/aromatic N) is 2. The molecule has 0 aliphatic carbocycles. The van der Waals surface area contributed by atoms with E-state index in [1.165, 1.54) is 4.90 Å². The van der Waals surface area contributed by atoms with Crippen LogP contribution in [0.5, 0.6) is 0 Å². The Balaban J connectivity index is 1.24. The lowest BCUT2D eigenvalue weighted by Gasteiger charge is -2.29. The van der Waals surface area contributed by atoms with Crippen molar-refractivity contribution in [2.24, 2.45) is 5.73 Å². The molecule has 2 heterocycles. The minimum absolute atomic E-state index is 0.0166. The molecule has 0 bridgehead atoms. The van der Waals surface area contributed by atoms with Crippen LogP contribution in [0.15, 0.2) is 120 Å². The van der Waals surface area contributed by atoms with Crippen molar-refractivity contribution in [2.75, 3.05) is 13.1 Å². The Bertz CT molecular complexity index is 1960. The zero-order valence-electron chi connectivity index (χ0n) is 30.0. The molecule has 4 aromatic carbocycles. The van der Waals surface area contributed by atoms with Crippen LogP contribution in [0.1, 0.15) is 53.1 Å². The number of Topliss-reactive ketones (excluding diaryl/α,β-unsaturated/α-hetero) is 1. The summed E-state index contributed by atoms with van der Waals surface area (Å²) in [4.78, 5) is 61.6. The number of fused-ring (bicyclic) bond motifs is 1. The molecule has 5 aromatic rings. The Kier molecular flexibility index (Phi) is 13.2. The third-order valence-corrected chi connectivity index (χ3v) is 9.35. The summed E-state index contributed by atoms with van der Waals surface area (Å²) in [5.41, 5.74) is 9.28. The van der Waals surface area contributed by atoms with Gasteiger partial charge in [0.25, 0.3) is 5.89 Å². The molecule has 4 N–H and O–H groups in total. The van der Waals surface area contributed by atoms with Crippen LogP contribution in [0.2, 0.25) is 0 Å². The highest BCUT2D eigenvalue weighted by Gasteiger charge is 2.44. The fourth-order valence-corrected chi connectivity index (χ4v) is 6.51. The molecular formula is C42H45N5O7. The Morgan fingerprint density at radius 1 is 0.778 bits per heavy atom. The summed E-state index contributed by atoms with van der Waals surface area (Å²) in [6, 6.07) is 32.1. The lowest BCUT2D eigenvalue weighted by Crippen LogP contribution is -2.56. The maximum absolute atomic E-state index is 14.6. The second-order valence-electron chi connectivity index (χ2n) is 13.3. The predicted molar refractivity (Wildman–Crippen MR) is 202 cm³/mol. The number of aromatic nitrogens is 1. The van der Waals surface area contributed by atoms with E-state index in [-0.39, 0.29) is 38.5 Å². The van der Waals surface area contributed by atoms with E-state index in [0.29, 0.717) is 36.9 Å². The number of hydrogen-bond donors (Lipinski definition) is 3. The molecule has 1 aromatic heterocycles. The van der Waals surface area contributed by atoms with Crippen LogP contribution in [-0.4, -0.2) is 70.9 Å². The van der Waals surface area contributed by atoms with Gasteiger partial charge in [0.2, 0.25) is 17.6 Å². The maximum Gasteiger partial charge on any atom is 0.408 e. The van der Waals surface area contributed by atoms with Crippen LogP contribution in [0.4, 0.5) is 4.79 Å². The standard InChI is InChI=1S/C42H45N5O7/c43-23-13-12-21-34(38(48)40-45-33-20-10-11-22-37(33)54-40)44-39(49)36-25-32(52-27-30-16-6-2-7-17-30)26-47(36)41(50)35(24-29-14-4-1-5-15-29)46-42(51)53-28-31-18-8-3-9-19-31/h1-11,14-20,22,32,34-36H,12-13,21,23-28,43H2,(H,44,49)(H,46,51)/t32-,34+,35-,36+/m1/s1. The number of carbonyl (C=O) groups excluding carboxylic acids is 4. The average molecular weight is 732 g/mol. The maximum atomic E-state index is 14.6. The molecule has 6 rings (SSSR count). The summed E-state index contributed by atoms with van der Waals surface area (Å²) in [6.45, 7) is 0.805. The van der Waals surface area contributed by atoms with Crippen LogP contribution in [0.25, 0.3) is 11.1 Å². The largest absolute Gasteiger partial charge is 0.445 e. The molecule has 1 saturated heterocycles. The van der Waals surface area contributed by atoms with E-state index in [4.69, 9.17) is 19.6 Å². The number of nitrogens with two attached hydrogens (primary N) is 1. The van der Waals surface area contributed by atoms with Crippen molar-refractivity contribution in [2.45, 2.75) is 69.5 Å². The lowest BCUT2D eigenvalue weighted by molar-refractivity contribution is -0.140. The molecule has 1 aliphatic heterocycles. The summed E-state index contributed by atoms with van der Waals surface area (Å²) in [5, 5.41) is 5.68. The summed E-state index contributed by atoms with van der Waals surface area (Å²) in [7, 11) is 0. The fourth-order valence-electron chi connectivity index (χ4n) is 6.51. The number of nitrogens with one attached hydrogen (secondary N) is 2. The van der Waals surface area contributed by atoms with E-state index in [2.05, 4.69) is 15.6 Å². The van der Waals surface area contributed by atoms with Crippen LogP contribution < -0.4 is 16.4 Å². The van der Waals surface area contributed by atoms with E-state index in [1.54, 1.807) is 24.3 Å². The first-order chi connectivity index (χ1) is 26.4. The number of oxazole rings is 1. The van der Waals surface area contributed by atoms with Gasteiger partial charge in [0, 0.05) is 19.4 Å². The van der Waals surface area contributed by atoms with Gasteiger partial charge in [0.05, 0.1) is 18.8 Å². The Labute approximate surface area is 314 Å². The Morgan fingerprint density at radius 3 is 2.07 bits per heavy atom. The quantitative estimate of drug-likeness (QED) is 0.0845. The van der Waals surface area contributed by atoms with Crippen molar-refractivity contribution in [1.29, 1.82) is 0 Å². The smallest absolute Gasteiger partial charge is 0.408 e. The number of ketones is 1. The summed E-state index contributed by atoms with van der Waals surface area (Å²) in [5.74, 6) is -1.60. The Hall–Kier alpha value is -5.85. The van der Waals surface area contributed by atoms with Crippen molar-refractivity contribution in [1.82, 2.24) is 20.5 Å². The molecule has 1 fully saturated rings. The van der Waals surface area contributed by atoms with Gasteiger partial charge < -0.3 is 35.2 Å². The highest BCUT2D eigenvalue weighted by atomic mass is 16.5. The summed E-state index contributed by atoms with van der Waals surface area (Å²) in [6.07, 6.45) is 0.554. The molecule has 0 saturated carbocycles. The number of rotatable bonds is 17. The van der Waals surface area contributed by atoms with Crippen molar-refractivity contribution >= 4 is 34.8 Å². The number of unbranched alkanes of at least 4 members (excludes halogenated alkanes) is 1. The fraction of sp³-hybridized carbons (Fsp3) is 0.310. The first-order valence-electron chi connectivity index (χ1n) is 18.3. The van der Waals surface area contributed by atoms with Gasteiger partial charge in [-0.3, -0.25) is 14.4 Å². The zero-order chi connectivity index (χ0) is 37.7. The molecule has 0 spiro atoms. The number of para-hydroxylation sites is 2. The molecule has 280 valence electrons. The number of amides is 3. The highest BCUT2D eigenvalue weighted by molar-refractivity contribution is 6.01. The zero-order valence-corrected chi connectivity index (χ0v) is 30.0. The number of benzene rings is 4. The third-order valence-electron chi connectivity index (χ3n) is 9.35. The first-order valence-corrected chi connectivity index (χ1v) is 18.3. The van der Waals surface area contributed by atoms with Crippen molar-refractivity contribution < 1.29 is 33.1 Å². The van der Waals surface area contributed by atoms with Crippen LogP contribution in [-0.2, 0) is 38.7 Å². The summed E-state index contributed by atoms with van der Waals surface area (Å²) < 4.78 is 17.5. The molecule has 3 amide bonds. The number of likely N-dealkylation sites (tertiary alicyclic amines) is 1. The van der Waals surface area contributed by atoms with E-state index < -0.39 is 47.9 Å². The predicted octanol–water partition coefficient (Wildman–Crippen LogP) is 5.35. The minimum Gasteiger partial charge on any atom is -0.445 e. The van der Waals surface area contributed by atoms with Gasteiger partial charge in [-0.1, -0.05) is 103 Å². The third kappa shape index (κ3) is 10.2. The van der Waals surface area contributed by atoms with Gasteiger partial charge >= 0.3 is 6.09 Å². The van der Waals surface area contributed by atoms with E-state index in [1.807, 2.05) is 91.0 Å². The molecule has 1 aliphatic rings. The minimum atomic E-state index is -1.07. The number of carbonyl (C=O) groups is 4. The van der Waals surface area contributed by atoms with E-state index >= 15 is 0 Å². The van der Waals surface area contributed by atoms with Crippen LogP contribution in [0, 0.1) is 0 Å². The second kappa shape index (κ2) is 18.8. The molecule has 12 heteroatoms. The number of alkyl carbamates (subject to hydrolysis) is 1. The summed E-state index contributed by atoms with van der Waals surface area (Å²) >= 11 is 0. The monoisotopic (exact) mass is 731 g/mol. The van der Waals surface area contributed by atoms with Crippen molar-refractivity contribution in [3.63, 3.8) is 0 Å². The highest BCUT2D eigenvalue weighted by Crippen LogP contribution is 2.25. The van der Waals surface area contributed by atoms with E-state index in [0.717, 1.165) is 16.7 Å². The van der Waals surface area contributed by atoms with Crippen LogP contribution in [0.3, 0.4) is 0 Å². The average Bonchev–Trinajstić information content (AvgIpc) is 3.85. The van der Waals surface area contributed by atoms with Crippen LogP contribution >= 0.6 is 0 Å². The lowest BCUT2D eigenvalue weighted by atomic mass is 10.0. The van der Waals surface area contributed by atoms with E-state index in [9.17, 15) is 19.2 Å².